The van der Waals surface area contributed by atoms with Crippen LogP contribution in [-0.2, 0) is 9.53 Å². The Morgan fingerprint density at radius 2 is 2.10 bits per heavy atom. The van der Waals surface area contributed by atoms with Gasteiger partial charge in [-0.2, -0.15) is 0 Å². The average molecular weight is 337 g/mol. The Bertz CT molecular complexity index is 628. The molecule has 20 heavy (non-hydrogen) atoms. The van der Waals surface area contributed by atoms with Crippen molar-refractivity contribution in [3.05, 3.63) is 40.5 Å². The summed E-state index contributed by atoms with van der Waals surface area (Å²) in [6.45, 7) is 3.98. The fourth-order valence-electron chi connectivity index (χ4n) is 2.13. The predicted molar refractivity (Wildman–Crippen MR) is 82.5 cm³/mol. The third kappa shape index (κ3) is 2.99. The van der Waals surface area contributed by atoms with Gasteiger partial charge in [-0.25, -0.2) is 4.79 Å². The lowest BCUT2D eigenvalue weighted by molar-refractivity contribution is -0.143. The predicted octanol–water partition coefficient (Wildman–Crippen LogP) is 3.21. The highest BCUT2D eigenvalue weighted by Gasteiger charge is 2.24. The molecule has 0 aliphatic carbocycles. The van der Waals surface area contributed by atoms with Gasteiger partial charge in [0.05, 0.1) is 12.6 Å². The van der Waals surface area contributed by atoms with Gasteiger partial charge < -0.3 is 4.74 Å². The van der Waals surface area contributed by atoms with E-state index in [2.05, 4.69) is 26.2 Å². The Morgan fingerprint density at radius 1 is 1.35 bits per heavy atom. The molecule has 4 nitrogen and oxygen atoms in total. The number of aromatic nitrogens is 1. The molecule has 1 unspecified atom stereocenters. The molecule has 2 rings (SSSR count). The Kier molecular flexibility index (Phi) is 4.73. The molecule has 1 heterocycles. The van der Waals surface area contributed by atoms with Crippen molar-refractivity contribution < 1.29 is 9.53 Å². The molecule has 1 atom stereocenters. The number of nitrogens with one attached hydrogen (secondary N) is 1. The zero-order valence-corrected chi connectivity index (χ0v) is 13.3. The first kappa shape index (κ1) is 14.9. The molecular weight excluding hydrogens is 320 g/mol. The zero-order chi connectivity index (χ0) is 14.7. The Morgan fingerprint density at radius 3 is 2.75 bits per heavy atom. The molecule has 0 aliphatic heterocycles. The Hall–Kier alpha value is -1.46. The fraction of sp³-hybridized carbons (Fsp3) is 0.333. The van der Waals surface area contributed by atoms with Crippen LogP contribution in [0.1, 0.15) is 25.5 Å². The van der Waals surface area contributed by atoms with Crippen LogP contribution in [0, 0.1) is 0 Å². The number of pyridine rings is 1. The summed E-state index contributed by atoms with van der Waals surface area (Å²) in [5.74, 6) is -0.312. The van der Waals surface area contributed by atoms with Crippen molar-refractivity contribution >= 4 is 32.8 Å². The largest absolute Gasteiger partial charge is 0.468 e. The van der Waals surface area contributed by atoms with Gasteiger partial charge in [0, 0.05) is 27.7 Å². The van der Waals surface area contributed by atoms with Gasteiger partial charge in [-0.15, -0.1) is 0 Å². The molecule has 1 aromatic carbocycles. The van der Waals surface area contributed by atoms with Gasteiger partial charge in [0.1, 0.15) is 6.04 Å². The van der Waals surface area contributed by atoms with Gasteiger partial charge in [0.15, 0.2) is 0 Å². The molecule has 1 aromatic heterocycles. The van der Waals surface area contributed by atoms with E-state index >= 15 is 0 Å². The van der Waals surface area contributed by atoms with Gasteiger partial charge >= 0.3 is 5.97 Å². The number of nitrogens with zero attached hydrogens (tertiary/aromatic N) is 1. The fourth-order valence-corrected chi connectivity index (χ4v) is 2.58. The molecular formula is C15H17BrN2O2. The van der Waals surface area contributed by atoms with Crippen LogP contribution in [0.4, 0.5) is 0 Å². The number of esters is 1. The number of carbonyl (C=O) groups excluding carboxylic acids is 1. The van der Waals surface area contributed by atoms with Gasteiger partial charge in [-0.1, -0.05) is 28.1 Å². The summed E-state index contributed by atoms with van der Waals surface area (Å²) >= 11 is 3.51. The highest BCUT2D eigenvalue weighted by atomic mass is 79.9. The maximum atomic E-state index is 12.1. The van der Waals surface area contributed by atoms with Crippen LogP contribution in [0.2, 0.25) is 0 Å². The lowest BCUT2D eigenvalue weighted by Crippen LogP contribution is -2.34. The number of carbonyl (C=O) groups is 1. The summed E-state index contributed by atoms with van der Waals surface area (Å²) in [5.41, 5.74) is 1.62. The summed E-state index contributed by atoms with van der Waals surface area (Å²) in [7, 11) is 1.39. The molecule has 2 aromatic rings. The first-order valence-electron chi connectivity index (χ1n) is 6.41. The highest BCUT2D eigenvalue weighted by Crippen LogP contribution is 2.29. The topological polar surface area (TPSA) is 51.2 Å². The normalized spacial score (nSPS) is 12.7. The van der Waals surface area contributed by atoms with E-state index in [9.17, 15) is 4.79 Å². The second-order valence-electron chi connectivity index (χ2n) is 4.81. The maximum absolute atomic E-state index is 12.1. The molecule has 0 amide bonds. The third-order valence-corrected chi connectivity index (χ3v) is 3.69. The van der Waals surface area contributed by atoms with Crippen molar-refractivity contribution in [2.75, 3.05) is 7.11 Å². The van der Waals surface area contributed by atoms with Crippen molar-refractivity contribution in [1.29, 1.82) is 0 Å². The lowest BCUT2D eigenvalue weighted by atomic mass is 10.0. The van der Waals surface area contributed by atoms with Crippen LogP contribution in [0.25, 0.3) is 10.9 Å². The third-order valence-electron chi connectivity index (χ3n) is 3.00. The first-order chi connectivity index (χ1) is 9.54. The van der Waals surface area contributed by atoms with Gasteiger partial charge in [-0.3, -0.25) is 10.3 Å². The SMILES string of the molecule is COC(=O)C(NC(C)C)c1ccc(Br)c2cccnc12. The van der Waals surface area contributed by atoms with E-state index in [1.807, 2.05) is 38.1 Å². The molecule has 0 bridgehead atoms. The Balaban J connectivity index is 2.59. The molecule has 0 saturated carbocycles. The number of hydrogen-bond donors (Lipinski definition) is 1. The summed E-state index contributed by atoms with van der Waals surface area (Å²) in [5, 5.41) is 4.20. The number of methoxy groups -OCH3 is 1. The van der Waals surface area contributed by atoms with E-state index in [4.69, 9.17) is 4.74 Å². The maximum Gasteiger partial charge on any atom is 0.327 e. The number of ether oxygens (including phenoxy) is 1. The standard InChI is InChI=1S/C15H17BrN2O2/c1-9(2)18-14(15(19)20-3)11-6-7-12(16)10-5-4-8-17-13(10)11/h4-9,14,18H,1-3H3. The molecule has 0 aliphatic rings. The van der Waals surface area contributed by atoms with E-state index in [0.717, 1.165) is 20.9 Å². The van der Waals surface area contributed by atoms with Crippen LogP contribution in [0.5, 0.6) is 0 Å². The number of rotatable bonds is 4. The van der Waals surface area contributed by atoms with Crippen LogP contribution in [0.3, 0.4) is 0 Å². The number of fused-ring (bicyclic) bond motifs is 1. The van der Waals surface area contributed by atoms with Gasteiger partial charge in [0.25, 0.3) is 0 Å². The summed E-state index contributed by atoms with van der Waals surface area (Å²) in [4.78, 5) is 16.5. The van der Waals surface area contributed by atoms with Crippen molar-refractivity contribution in [2.24, 2.45) is 0 Å². The van der Waals surface area contributed by atoms with E-state index in [0.29, 0.717) is 0 Å². The Labute approximate surface area is 126 Å². The van der Waals surface area contributed by atoms with Crippen LogP contribution < -0.4 is 5.32 Å². The summed E-state index contributed by atoms with van der Waals surface area (Å²) < 4.78 is 5.86. The molecule has 106 valence electrons. The minimum atomic E-state index is -0.523. The molecule has 1 N–H and O–H groups in total. The van der Waals surface area contributed by atoms with E-state index in [-0.39, 0.29) is 12.0 Å². The molecule has 0 saturated heterocycles. The van der Waals surface area contributed by atoms with Crippen molar-refractivity contribution in [3.63, 3.8) is 0 Å². The van der Waals surface area contributed by atoms with Crippen LogP contribution in [0.15, 0.2) is 34.9 Å². The number of halogens is 1. The molecule has 0 fully saturated rings. The van der Waals surface area contributed by atoms with Crippen molar-refractivity contribution in [3.8, 4) is 0 Å². The quantitative estimate of drug-likeness (QED) is 0.871. The molecule has 5 heteroatoms. The number of benzene rings is 1. The second-order valence-corrected chi connectivity index (χ2v) is 5.67. The highest BCUT2D eigenvalue weighted by molar-refractivity contribution is 9.10. The smallest absolute Gasteiger partial charge is 0.327 e. The van der Waals surface area contributed by atoms with Gasteiger partial charge in [-0.05, 0) is 26.0 Å². The van der Waals surface area contributed by atoms with Crippen molar-refractivity contribution in [2.45, 2.75) is 25.9 Å². The molecule has 0 spiro atoms. The summed E-state index contributed by atoms with van der Waals surface area (Å²) in [6.07, 6.45) is 1.72. The average Bonchev–Trinajstić information content (AvgIpc) is 2.45. The van der Waals surface area contributed by atoms with Gasteiger partial charge in [0.2, 0.25) is 0 Å². The zero-order valence-electron chi connectivity index (χ0n) is 11.7. The molecule has 0 radical (unpaired) electrons. The van der Waals surface area contributed by atoms with E-state index < -0.39 is 6.04 Å². The second kappa shape index (κ2) is 6.33. The van der Waals surface area contributed by atoms with Crippen molar-refractivity contribution in [1.82, 2.24) is 10.3 Å². The monoisotopic (exact) mass is 336 g/mol. The first-order valence-corrected chi connectivity index (χ1v) is 7.21. The minimum Gasteiger partial charge on any atom is -0.468 e. The summed E-state index contributed by atoms with van der Waals surface area (Å²) in [6, 6.07) is 7.31. The van der Waals surface area contributed by atoms with Crippen LogP contribution in [-0.4, -0.2) is 24.1 Å². The lowest BCUT2D eigenvalue weighted by Gasteiger charge is -2.20. The van der Waals surface area contributed by atoms with E-state index in [1.54, 1.807) is 6.20 Å². The minimum absolute atomic E-state index is 0.154. The van der Waals surface area contributed by atoms with E-state index in [1.165, 1.54) is 7.11 Å². The van der Waals surface area contributed by atoms with Crippen LogP contribution >= 0.6 is 15.9 Å². The number of hydrogen-bond acceptors (Lipinski definition) is 4.